The van der Waals surface area contributed by atoms with Crippen molar-refractivity contribution in [2.45, 2.75) is 61.4 Å². The van der Waals surface area contributed by atoms with Crippen LogP contribution in [0.25, 0.3) is 0 Å². The fraction of sp³-hybridized carbons (Fsp3) is 0.571. The number of nitrogens with one attached hydrogen (secondary N) is 2. The minimum absolute atomic E-state index is 0.397. The number of anilines is 2. The Labute approximate surface area is 262 Å². The third kappa shape index (κ3) is 9.24. The summed E-state index contributed by atoms with van der Waals surface area (Å²) in [7, 11) is 3.46. The van der Waals surface area contributed by atoms with Crippen LogP contribution in [0.2, 0.25) is 0 Å². The van der Waals surface area contributed by atoms with E-state index in [0.717, 1.165) is 36.0 Å². The van der Waals surface area contributed by atoms with Gasteiger partial charge < -0.3 is 70.4 Å². The lowest BCUT2D eigenvalue weighted by Gasteiger charge is -2.39. The van der Waals surface area contributed by atoms with Crippen molar-refractivity contribution >= 4 is 33.0 Å². The van der Waals surface area contributed by atoms with E-state index in [-0.39, 0.29) is 0 Å². The van der Waals surface area contributed by atoms with Gasteiger partial charge in [-0.15, -0.1) is 0 Å². The second kappa shape index (κ2) is 17.0. The lowest BCUT2D eigenvalue weighted by molar-refractivity contribution is -0.277. The van der Waals surface area contributed by atoms with Gasteiger partial charge in [0.2, 0.25) is 12.6 Å². The van der Waals surface area contributed by atoms with E-state index in [1.807, 2.05) is 0 Å². The monoisotopic (exact) mass is 660 g/mol. The van der Waals surface area contributed by atoms with Gasteiger partial charge in [0.1, 0.15) is 60.3 Å². The van der Waals surface area contributed by atoms with Crippen LogP contribution in [-0.4, -0.2) is 140 Å². The van der Waals surface area contributed by atoms with Crippen LogP contribution in [0.15, 0.2) is 48.5 Å². The molecule has 2 aliphatic heterocycles. The first-order valence-electron chi connectivity index (χ1n) is 14.1. The van der Waals surface area contributed by atoms with Gasteiger partial charge in [-0.2, -0.15) is 0 Å². The van der Waals surface area contributed by atoms with E-state index in [1.54, 1.807) is 70.1 Å². The number of ether oxygens (including phenoxy) is 4. The molecule has 0 spiro atoms. The van der Waals surface area contributed by atoms with Crippen LogP contribution in [0.3, 0.4) is 0 Å². The Morgan fingerprint density at radius 1 is 0.545 bits per heavy atom. The van der Waals surface area contributed by atoms with Crippen LogP contribution in [0.1, 0.15) is 0 Å². The number of benzene rings is 2. The molecule has 14 nitrogen and oxygen atoms in total. The standard InChI is InChI=1S/C28H40N2O12S2/c31-13-19-21(33)23(35)25(37)27(41-19)39-17-5-1-15(2-6-17)29-9-11-43-44-12-10-30-16-3-7-18(8-4-16)40-28-26(38)24(36)22(34)20(14-32)42-28/h1-8,19-38H,9-14H2/t19-,20-,21+,22+,23+,24+,25-,26-,27-,28-/m1/s1. The molecule has 10 atom stereocenters. The van der Waals surface area contributed by atoms with Crippen LogP contribution in [-0.2, 0) is 9.47 Å². The summed E-state index contributed by atoms with van der Waals surface area (Å²) in [5.74, 6) is 2.51. The average molecular weight is 661 g/mol. The maximum Gasteiger partial charge on any atom is 0.229 e. The van der Waals surface area contributed by atoms with Crippen molar-refractivity contribution in [1.82, 2.24) is 0 Å². The molecule has 0 saturated carbocycles. The molecule has 2 saturated heterocycles. The van der Waals surface area contributed by atoms with Crippen molar-refractivity contribution in [2.24, 2.45) is 0 Å². The zero-order valence-electron chi connectivity index (χ0n) is 23.7. The van der Waals surface area contributed by atoms with Crippen molar-refractivity contribution in [3.05, 3.63) is 48.5 Å². The van der Waals surface area contributed by atoms with Crippen LogP contribution in [0.4, 0.5) is 11.4 Å². The zero-order chi connectivity index (χ0) is 31.6. The summed E-state index contributed by atoms with van der Waals surface area (Å²) in [4.78, 5) is 0. The minimum Gasteiger partial charge on any atom is -0.462 e. The topological polar surface area (TPSA) is 223 Å². The molecule has 246 valence electrons. The molecule has 2 heterocycles. The molecular formula is C28H40N2O12S2. The highest BCUT2D eigenvalue weighted by Gasteiger charge is 2.45. The predicted molar refractivity (Wildman–Crippen MR) is 164 cm³/mol. The first-order chi connectivity index (χ1) is 21.2. The molecule has 10 N–H and O–H groups in total. The van der Waals surface area contributed by atoms with E-state index in [4.69, 9.17) is 18.9 Å². The third-order valence-corrected chi connectivity index (χ3v) is 9.43. The Balaban J connectivity index is 1.07. The second-order valence-corrected chi connectivity index (χ2v) is 12.9. The normalized spacial score (nSPS) is 32.2. The second-order valence-electron chi connectivity index (χ2n) is 10.2. The summed E-state index contributed by atoms with van der Waals surface area (Å²) in [5.41, 5.74) is 1.75. The quantitative estimate of drug-likeness (QED) is 0.0813. The van der Waals surface area contributed by atoms with E-state index in [2.05, 4.69) is 10.6 Å². The summed E-state index contributed by atoms with van der Waals surface area (Å²) in [6.45, 7) is 0.412. The van der Waals surface area contributed by atoms with E-state index >= 15 is 0 Å². The molecule has 0 unspecified atom stereocenters. The molecule has 0 radical (unpaired) electrons. The fourth-order valence-electron chi connectivity index (χ4n) is 4.49. The predicted octanol–water partition coefficient (Wildman–Crippen LogP) is -1.05. The maximum atomic E-state index is 10.1. The molecule has 4 rings (SSSR count). The van der Waals surface area contributed by atoms with Gasteiger partial charge in [0.05, 0.1) is 13.2 Å². The van der Waals surface area contributed by atoms with Gasteiger partial charge in [-0.25, -0.2) is 0 Å². The highest BCUT2D eigenvalue weighted by molar-refractivity contribution is 8.76. The van der Waals surface area contributed by atoms with Gasteiger partial charge in [-0.3, -0.25) is 0 Å². The summed E-state index contributed by atoms with van der Waals surface area (Å²) in [6.07, 6.45) is -13.3. The average Bonchev–Trinajstić information content (AvgIpc) is 3.04. The van der Waals surface area contributed by atoms with Crippen LogP contribution in [0.5, 0.6) is 11.5 Å². The molecule has 0 bridgehead atoms. The first kappa shape index (κ1) is 34.8. The van der Waals surface area contributed by atoms with E-state index < -0.39 is 74.6 Å². The Bertz CT molecular complexity index is 1030. The van der Waals surface area contributed by atoms with Gasteiger partial charge in [-0.05, 0) is 48.5 Å². The molecule has 2 fully saturated rings. The van der Waals surface area contributed by atoms with Crippen molar-refractivity contribution < 1.29 is 59.8 Å². The van der Waals surface area contributed by atoms with Crippen LogP contribution in [0, 0.1) is 0 Å². The lowest BCUT2D eigenvalue weighted by atomic mass is 9.99. The zero-order valence-corrected chi connectivity index (χ0v) is 25.3. The molecule has 0 amide bonds. The number of hydrogen-bond acceptors (Lipinski definition) is 16. The molecule has 16 heteroatoms. The minimum atomic E-state index is -1.50. The Morgan fingerprint density at radius 2 is 0.909 bits per heavy atom. The molecular weight excluding hydrogens is 620 g/mol. The number of hydrogen-bond donors (Lipinski definition) is 10. The summed E-state index contributed by atoms with van der Waals surface area (Å²) in [5, 5.41) is 85.0. The molecule has 0 aliphatic carbocycles. The van der Waals surface area contributed by atoms with Crippen LogP contribution < -0.4 is 20.1 Å². The summed E-state index contributed by atoms with van der Waals surface area (Å²) in [6, 6.07) is 14.0. The van der Waals surface area contributed by atoms with E-state index in [1.165, 1.54) is 0 Å². The van der Waals surface area contributed by atoms with E-state index in [9.17, 15) is 40.9 Å². The summed E-state index contributed by atoms with van der Waals surface area (Å²) >= 11 is 0. The smallest absolute Gasteiger partial charge is 0.229 e. The SMILES string of the molecule is OC[C@H]1O[C@@H](Oc2ccc(NCCSSCCNc3ccc(O[C@@H]4O[C@H](CO)[C@H](O)[C@H](O)[C@H]4O)cc3)cc2)[C@H](O)[C@@H](O)[C@H]1O. The van der Waals surface area contributed by atoms with Crippen molar-refractivity contribution in [1.29, 1.82) is 0 Å². The van der Waals surface area contributed by atoms with Crippen molar-refractivity contribution in [3.63, 3.8) is 0 Å². The molecule has 2 aromatic carbocycles. The van der Waals surface area contributed by atoms with Gasteiger partial charge >= 0.3 is 0 Å². The van der Waals surface area contributed by atoms with Gasteiger partial charge in [0, 0.05) is 36.0 Å². The van der Waals surface area contributed by atoms with Crippen molar-refractivity contribution in [3.8, 4) is 11.5 Å². The molecule has 2 aromatic rings. The molecule has 44 heavy (non-hydrogen) atoms. The lowest BCUT2D eigenvalue weighted by Crippen LogP contribution is -2.60. The number of aliphatic hydroxyl groups excluding tert-OH is 8. The Hall–Kier alpha value is -2.06. The van der Waals surface area contributed by atoms with Gasteiger partial charge in [-0.1, -0.05) is 21.6 Å². The molecule has 0 aromatic heterocycles. The number of aliphatic hydroxyl groups is 8. The number of rotatable bonds is 15. The highest BCUT2D eigenvalue weighted by atomic mass is 33.1. The summed E-state index contributed by atoms with van der Waals surface area (Å²) < 4.78 is 21.9. The van der Waals surface area contributed by atoms with Gasteiger partial charge in [0.15, 0.2) is 0 Å². The van der Waals surface area contributed by atoms with E-state index in [0.29, 0.717) is 11.5 Å². The Morgan fingerprint density at radius 3 is 1.25 bits per heavy atom. The highest BCUT2D eigenvalue weighted by Crippen LogP contribution is 2.27. The maximum absolute atomic E-state index is 10.1. The first-order valence-corrected chi connectivity index (χ1v) is 16.6. The van der Waals surface area contributed by atoms with Crippen molar-refractivity contribution in [2.75, 3.05) is 48.4 Å². The molecule has 2 aliphatic rings. The van der Waals surface area contributed by atoms with Crippen LogP contribution >= 0.6 is 21.6 Å². The largest absolute Gasteiger partial charge is 0.462 e. The third-order valence-electron chi connectivity index (χ3n) is 7.02. The van der Waals surface area contributed by atoms with Gasteiger partial charge in [0.25, 0.3) is 0 Å². The fourth-order valence-corrected chi connectivity index (χ4v) is 6.31. The Kier molecular flexibility index (Phi) is 13.5.